The van der Waals surface area contributed by atoms with E-state index >= 15 is 0 Å². The van der Waals surface area contributed by atoms with Crippen molar-refractivity contribution >= 4 is 21.6 Å². The molecule has 0 aliphatic rings. The number of hydrogen-bond donors (Lipinski definition) is 0. The van der Waals surface area contributed by atoms with Gasteiger partial charge in [0.15, 0.2) is 0 Å². The summed E-state index contributed by atoms with van der Waals surface area (Å²) >= 11 is 3.37. The van der Waals surface area contributed by atoms with E-state index in [4.69, 9.17) is 0 Å². The lowest BCUT2D eigenvalue weighted by atomic mass is 10.1. The molecule has 0 saturated carbocycles. The van der Waals surface area contributed by atoms with E-state index in [-0.39, 0.29) is 10.5 Å². The number of nitro benzene ring substituents is 1. The van der Waals surface area contributed by atoms with Crippen LogP contribution in [-0.4, -0.2) is 4.92 Å². The Bertz CT molecular complexity index is 282. The lowest BCUT2D eigenvalue weighted by Crippen LogP contribution is -1.88. The predicted molar refractivity (Wildman–Crippen MR) is 50.4 cm³/mol. The van der Waals surface area contributed by atoms with Crippen molar-refractivity contribution in [3.63, 3.8) is 0 Å². The molecule has 0 bridgehead atoms. The Balaban J connectivity index is 2.93. The van der Waals surface area contributed by atoms with E-state index in [1.54, 1.807) is 12.1 Å². The zero-order valence-corrected chi connectivity index (χ0v) is 8.11. The molecule has 1 aromatic rings. The lowest BCUT2D eigenvalue weighted by Gasteiger charge is -2.01. The summed E-state index contributed by atoms with van der Waals surface area (Å²) in [6.07, 6.45) is 0. The van der Waals surface area contributed by atoms with Crippen LogP contribution in [0, 0.1) is 10.1 Å². The fraction of sp³-hybridized carbons (Fsp3) is 0.250. The first-order valence-corrected chi connectivity index (χ1v) is 4.41. The monoisotopic (exact) mass is 229 g/mol. The standard InChI is InChI=1S/C8H8BrNO2/c1-6(9)7-2-4-8(5-3-7)10(11)12/h2-6H,1H3/t6-/m0/s1. The summed E-state index contributed by atoms with van der Waals surface area (Å²) in [7, 11) is 0. The summed E-state index contributed by atoms with van der Waals surface area (Å²) in [5, 5.41) is 10.3. The van der Waals surface area contributed by atoms with Crippen molar-refractivity contribution < 1.29 is 4.92 Å². The molecule has 1 atom stereocenters. The molecule has 0 unspecified atom stereocenters. The van der Waals surface area contributed by atoms with Crippen LogP contribution >= 0.6 is 15.9 Å². The molecule has 0 N–H and O–H groups in total. The topological polar surface area (TPSA) is 43.1 Å². The maximum atomic E-state index is 10.3. The molecular weight excluding hydrogens is 222 g/mol. The molecule has 0 spiro atoms. The van der Waals surface area contributed by atoms with Gasteiger partial charge in [0.2, 0.25) is 0 Å². The fourth-order valence-electron chi connectivity index (χ4n) is 0.861. The predicted octanol–water partition coefficient (Wildman–Crippen LogP) is 3.05. The summed E-state index contributed by atoms with van der Waals surface area (Å²) in [4.78, 5) is 10.1. The number of halogens is 1. The van der Waals surface area contributed by atoms with Gasteiger partial charge in [-0.1, -0.05) is 28.1 Å². The molecule has 12 heavy (non-hydrogen) atoms. The highest BCUT2D eigenvalue weighted by atomic mass is 79.9. The molecule has 0 fully saturated rings. The highest BCUT2D eigenvalue weighted by Crippen LogP contribution is 2.23. The molecule has 4 heteroatoms. The SMILES string of the molecule is C[C@H](Br)c1ccc([N+](=O)[O-])cc1. The number of nitro groups is 1. The summed E-state index contributed by atoms with van der Waals surface area (Å²) in [5.41, 5.74) is 1.17. The third-order valence-electron chi connectivity index (χ3n) is 1.56. The van der Waals surface area contributed by atoms with Crippen LogP contribution in [-0.2, 0) is 0 Å². The van der Waals surface area contributed by atoms with E-state index in [9.17, 15) is 10.1 Å². The smallest absolute Gasteiger partial charge is 0.258 e. The Morgan fingerprint density at radius 2 is 1.92 bits per heavy atom. The van der Waals surface area contributed by atoms with Crippen molar-refractivity contribution in [1.82, 2.24) is 0 Å². The average Bonchev–Trinajstić information content (AvgIpc) is 2.04. The van der Waals surface area contributed by atoms with E-state index in [1.165, 1.54) is 12.1 Å². The minimum absolute atomic E-state index is 0.131. The van der Waals surface area contributed by atoms with Crippen molar-refractivity contribution in [2.75, 3.05) is 0 Å². The maximum absolute atomic E-state index is 10.3. The molecule has 0 aliphatic carbocycles. The number of alkyl halides is 1. The first-order valence-electron chi connectivity index (χ1n) is 3.49. The molecule has 1 rings (SSSR count). The van der Waals surface area contributed by atoms with Crippen LogP contribution in [0.1, 0.15) is 17.3 Å². The molecule has 0 amide bonds. The Labute approximate surface area is 78.7 Å². The lowest BCUT2D eigenvalue weighted by molar-refractivity contribution is -0.384. The second kappa shape index (κ2) is 3.67. The molecule has 0 saturated heterocycles. The van der Waals surface area contributed by atoms with E-state index in [0.29, 0.717) is 0 Å². The van der Waals surface area contributed by atoms with Crippen molar-refractivity contribution in [2.45, 2.75) is 11.8 Å². The van der Waals surface area contributed by atoms with Crippen LogP contribution in [0.4, 0.5) is 5.69 Å². The minimum atomic E-state index is -0.400. The van der Waals surface area contributed by atoms with E-state index in [2.05, 4.69) is 15.9 Å². The van der Waals surface area contributed by atoms with Gasteiger partial charge in [-0.2, -0.15) is 0 Å². The number of non-ortho nitro benzene ring substituents is 1. The average molecular weight is 230 g/mol. The fourth-order valence-corrected chi connectivity index (χ4v) is 1.17. The molecule has 0 radical (unpaired) electrons. The van der Waals surface area contributed by atoms with Crippen molar-refractivity contribution in [3.8, 4) is 0 Å². The van der Waals surface area contributed by atoms with E-state index < -0.39 is 4.92 Å². The van der Waals surface area contributed by atoms with Crippen LogP contribution < -0.4 is 0 Å². The van der Waals surface area contributed by atoms with Gasteiger partial charge >= 0.3 is 0 Å². The highest BCUT2D eigenvalue weighted by Gasteiger charge is 2.05. The first kappa shape index (κ1) is 9.19. The van der Waals surface area contributed by atoms with Crippen molar-refractivity contribution in [1.29, 1.82) is 0 Å². The largest absolute Gasteiger partial charge is 0.269 e. The highest BCUT2D eigenvalue weighted by molar-refractivity contribution is 9.09. The summed E-state index contributed by atoms with van der Waals surface area (Å²) in [6, 6.07) is 6.51. The first-order chi connectivity index (χ1) is 5.61. The molecule has 64 valence electrons. The zero-order chi connectivity index (χ0) is 9.14. The summed E-state index contributed by atoms with van der Waals surface area (Å²) in [5.74, 6) is 0. The quantitative estimate of drug-likeness (QED) is 0.445. The molecule has 3 nitrogen and oxygen atoms in total. The van der Waals surface area contributed by atoms with E-state index in [0.717, 1.165) is 5.56 Å². The number of hydrogen-bond acceptors (Lipinski definition) is 2. The van der Waals surface area contributed by atoms with Crippen molar-refractivity contribution in [2.24, 2.45) is 0 Å². The van der Waals surface area contributed by atoms with Gasteiger partial charge < -0.3 is 0 Å². The van der Waals surface area contributed by atoms with Crippen LogP contribution in [0.15, 0.2) is 24.3 Å². The molecule has 0 aliphatic heterocycles. The molecule has 0 aromatic heterocycles. The number of rotatable bonds is 2. The maximum Gasteiger partial charge on any atom is 0.269 e. The minimum Gasteiger partial charge on any atom is -0.258 e. The third-order valence-corrected chi connectivity index (χ3v) is 2.09. The van der Waals surface area contributed by atoms with Gasteiger partial charge in [0.1, 0.15) is 0 Å². The van der Waals surface area contributed by atoms with Crippen LogP contribution in [0.25, 0.3) is 0 Å². The Hall–Kier alpha value is -0.900. The van der Waals surface area contributed by atoms with Crippen LogP contribution in [0.3, 0.4) is 0 Å². The second-order valence-electron chi connectivity index (χ2n) is 2.46. The number of nitrogens with zero attached hydrogens (tertiary/aromatic N) is 1. The van der Waals surface area contributed by atoms with Gasteiger partial charge in [0.05, 0.1) is 4.92 Å². The van der Waals surface area contributed by atoms with Crippen molar-refractivity contribution in [3.05, 3.63) is 39.9 Å². The Morgan fingerprint density at radius 1 is 1.42 bits per heavy atom. The normalized spacial score (nSPS) is 12.5. The van der Waals surface area contributed by atoms with Gasteiger partial charge in [0, 0.05) is 17.0 Å². The molecule has 1 aromatic carbocycles. The van der Waals surface area contributed by atoms with E-state index in [1.807, 2.05) is 6.92 Å². The second-order valence-corrected chi connectivity index (χ2v) is 3.84. The van der Waals surface area contributed by atoms with Crippen LogP contribution in [0.5, 0.6) is 0 Å². The molecular formula is C8H8BrNO2. The summed E-state index contributed by atoms with van der Waals surface area (Å²) < 4.78 is 0. The summed E-state index contributed by atoms with van der Waals surface area (Å²) in [6.45, 7) is 1.97. The Kier molecular flexibility index (Phi) is 2.81. The zero-order valence-electron chi connectivity index (χ0n) is 6.53. The van der Waals surface area contributed by atoms with Crippen LogP contribution in [0.2, 0.25) is 0 Å². The van der Waals surface area contributed by atoms with Gasteiger partial charge in [-0.3, -0.25) is 10.1 Å². The van der Waals surface area contributed by atoms with Gasteiger partial charge in [-0.05, 0) is 12.5 Å². The van der Waals surface area contributed by atoms with Gasteiger partial charge in [0.25, 0.3) is 5.69 Å². The third kappa shape index (κ3) is 2.04. The van der Waals surface area contributed by atoms with Gasteiger partial charge in [-0.15, -0.1) is 0 Å². The van der Waals surface area contributed by atoms with Gasteiger partial charge in [-0.25, -0.2) is 0 Å². The Morgan fingerprint density at radius 3 is 2.25 bits per heavy atom. The number of benzene rings is 1. The molecule has 0 heterocycles.